The number of anilines is 1. The van der Waals surface area contributed by atoms with E-state index in [-0.39, 0.29) is 6.54 Å². The number of hydrogen-bond donors (Lipinski definition) is 1. The fourth-order valence-corrected chi connectivity index (χ4v) is 4.92. The number of hydrogen-bond acceptors (Lipinski definition) is 6. The minimum atomic E-state index is -0.663. The van der Waals surface area contributed by atoms with Crippen LogP contribution in [0.5, 0.6) is 5.75 Å². The van der Waals surface area contributed by atoms with Crippen LogP contribution in [0.3, 0.4) is 0 Å². The topological polar surface area (TPSA) is 95.2 Å². The Balaban J connectivity index is 1.67. The minimum absolute atomic E-state index is 0.307. The maximum absolute atomic E-state index is 13.6. The summed E-state index contributed by atoms with van der Waals surface area (Å²) in [6.07, 6.45) is 1.60. The van der Waals surface area contributed by atoms with Crippen LogP contribution < -0.4 is 21.3 Å². The Morgan fingerprint density at radius 1 is 1.09 bits per heavy atom. The first kappa shape index (κ1) is 22.5. The molecule has 3 aromatic heterocycles. The summed E-state index contributed by atoms with van der Waals surface area (Å²) in [4.78, 5) is 44.9. The van der Waals surface area contributed by atoms with E-state index in [9.17, 15) is 18.8 Å². The molecule has 10 heteroatoms. The first-order chi connectivity index (χ1) is 17.0. The molecule has 1 N–H and O–H groups in total. The largest absolute Gasteiger partial charge is 0.494 e. The number of fused-ring (bicyclic) bond motifs is 3. The number of nitrogens with zero attached hydrogens (tertiary/aromatic N) is 3. The summed E-state index contributed by atoms with van der Waals surface area (Å²) in [6.45, 7) is 1.98. The quantitative estimate of drug-likeness (QED) is 0.389. The lowest BCUT2D eigenvalue weighted by Crippen LogP contribution is -2.40. The summed E-state index contributed by atoms with van der Waals surface area (Å²) in [6, 6.07) is 15.4. The number of thiophene rings is 1. The Hall–Kier alpha value is -4.31. The van der Waals surface area contributed by atoms with Gasteiger partial charge in [0.25, 0.3) is 5.56 Å². The number of halogens is 1. The molecule has 0 radical (unpaired) electrons. The summed E-state index contributed by atoms with van der Waals surface area (Å²) < 4.78 is 21.3. The first-order valence-corrected chi connectivity index (χ1v) is 11.6. The minimum Gasteiger partial charge on any atom is -0.494 e. The van der Waals surface area contributed by atoms with Gasteiger partial charge in [-0.3, -0.25) is 14.2 Å². The maximum Gasteiger partial charge on any atom is 0.336 e. The molecule has 5 rings (SSSR count). The standard InChI is InChI=1S/C25H19FN4O4S/c1-2-34-18-11-9-17(10-12-18)30-24(32)22-21(19-4-3-13-27-23(19)35-22)29(25(30)33)14-20(31)28-16-7-5-15(26)6-8-16/h3-13H,2,14H2,1H3,(H,28,31). The third-order valence-electron chi connectivity index (χ3n) is 5.37. The van der Waals surface area contributed by atoms with Crippen LogP contribution in [-0.4, -0.2) is 26.6 Å². The van der Waals surface area contributed by atoms with Crippen LogP contribution in [0.4, 0.5) is 10.1 Å². The lowest BCUT2D eigenvalue weighted by Gasteiger charge is -2.13. The number of carbonyl (C=O) groups excluding carboxylic acids is 1. The second-order valence-electron chi connectivity index (χ2n) is 7.63. The summed E-state index contributed by atoms with van der Waals surface area (Å²) in [5.41, 5.74) is -0.0674. The monoisotopic (exact) mass is 490 g/mol. The molecular formula is C25H19FN4O4S. The molecule has 8 nitrogen and oxygen atoms in total. The zero-order valence-corrected chi connectivity index (χ0v) is 19.3. The average molecular weight is 491 g/mol. The van der Waals surface area contributed by atoms with E-state index in [4.69, 9.17) is 4.74 Å². The molecule has 0 aliphatic rings. The molecule has 0 fully saturated rings. The van der Waals surface area contributed by atoms with Crippen LogP contribution in [0, 0.1) is 5.82 Å². The second-order valence-corrected chi connectivity index (χ2v) is 8.63. The average Bonchev–Trinajstić information content (AvgIpc) is 3.25. The van der Waals surface area contributed by atoms with Crippen molar-refractivity contribution in [1.29, 1.82) is 0 Å². The van der Waals surface area contributed by atoms with Crippen LogP contribution in [0.2, 0.25) is 0 Å². The summed E-state index contributed by atoms with van der Waals surface area (Å²) in [7, 11) is 0. The molecule has 5 aromatic rings. The highest BCUT2D eigenvalue weighted by molar-refractivity contribution is 7.25. The van der Waals surface area contributed by atoms with Crippen molar-refractivity contribution in [3.63, 3.8) is 0 Å². The van der Waals surface area contributed by atoms with Crippen molar-refractivity contribution in [1.82, 2.24) is 14.1 Å². The predicted octanol–water partition coefficient (Wildman–Crippen LogP) is 3.94. The third-order valence-corrected chi connectivity index (χ3v) is 6.46. The molecule has 0 aliphatic carbocycles. The number of carbonyl (C=O) groups is 1. The molecule has 0 saturated heterocycles. The normalized spacial score (nSPS) is 11.1. The summed E-state index contributed by atoms with van der Waals surface area (Å²) in [5.74, 6) is -0.323. The van der Waals surface area contributed by atoms with Crippen LogP contribution in [0.25, 0.3) is 26.1 Å². The number of pyridine rings is 1. The molecule has 0 bridgehead atoms. The maximum atomic E-state index is 13.6. The Bertz CT molecular complexity index is 1670. The SMILES string of the molecule is CCOc1ccc(-n2c(=O)c3sc4ncccc4c3n(CC(=O)Nc3ccc(F)cc3)c2=O)cc1. The smallest absolute Gasteiger partial charge is 0.336 e. The van der Waals surface area contributed by atoms with E-state index < -0.39 is 23.0 Å². The number of nitrogens with one attached hydrogen (secondary N) is 1. The second kappa shape index (κ2) is 9.15. The number of rotatable bonds is 6. The molecule has 176 valence electrons. The van der Waals surface area contributed by atoms with Crippen molar-refractivity contribution in [2.75, 3.05) is 11.9 Å². The molecule has 0 spiro atoms. The van der Waals surface area contributed by atoms with Crippen LogP contribution in [-0.2, 0) is 11.3 Å². The van der Waals surface area contributed by atoms with Gasteiger partial charge < -0.3 is 10.1 Å². The molecule has 1 amide bonds. The van der Waals surface area contributed by atoms with Crippen molar-refractivity contribution in [2.24, 2.45) is 0 Å². The van der Waals surface area contributed by atoms with Crippen molar-refractivity contribution >= 4 is 43.4 Å². The lowest BCUT2D eigenvalue weighted by atomic mass is 10.2. The van der Waals surface area contributed by atoms with Gasteiger partial charge in [-0.05, 0) is 67.6 Å². The fraction of sp³-hybridized carbons (Fsp3) is 0.120. The van der Waals surface area contributed by atoms with Gasteiger partial charge >= 0.3 is 5.69 Å². The number of ether oxygens (including phenoxy) is 1. The Morgan fingerprint density at radius 3 is 2.54 bits per heavy atom. The van der Waals surface area contributed by atoms with E-state index >= 15 is 0 Å². The van der Waals surface area contributed by atoms with Crippen LogP contribution in [0.15, 0.2) is 76.4 Å². The summed E-state index contributed by atoms with van der Waals surface area (Å²) in [5, 5.41) is 3.27. The van der Waals surface area contributed by atoms with Gasteiger partial charge in [0, 0.05) is 17.3 Å². The third kappa shape index (κ3) is 4.19. The van der Waals surface area contributed by atoms with Gasteiger partial charge in [-0.15, -0.1) is 11.3 Å². The van der Waals surface area contributed by atoms with Gasteiger partial charge in [-0.25, -0.2) is 18.7 Å². The number of amides is 1. The molecular weight excluding hydrogens is 471 g/mol. The van der Waals surface area contributed by atoms with E-state index in [0.29, 0.717) is 44.2 Å². The first-order valence-electron chi connectivity index (χ1n) is 10.8. The van der Waals surface area contributed by atoms with Gasteiger partial charge in [0.15, 0.2) is 0 Å². The molecule has 3 heterocycles. The van der Waals surface area contributed by atoms with E-state index in [0.717, 1.165) is 15.9 Å². The predicted molar refractivity (Wildman–Crippen MR) is 133 cm³/mol. The van der Waals surface area contributed by atoms with Gasteiger partial charge in [0.1, 0.15) is 27.6 Å². The van der Waals surface area contributed by atoms with Crippen molar-refractivity contribution in [2.45, 2.75) is 13.5 Å². The van der Waals surface area contributed by atoms with Crippen molar-refractivity contribution in [3.05, 3.63) is 93.5 Å². The van der Waals surface area contributed by atoms with Gasteiger partial charge in [0.05, 0.1) is 17.8 Å². The summed E-state index contributed by atoms with van der Waals surface area (Å²) >= 11 is 1.16. The van der Waals surface area contributed by atoms with E-state index in [1.165, 1.54) is 28.8 Å². The van der Waals surface area contributed by atoms with Gasteiger partial charge in [0.2, 0.25) is 5.91 Å². The Morgan fingerprint density at radius 2 is 1.83 bits per heavy atom. The Kier molecular flexibility index (Phi) is 5.87. The molecule has 0 aliphatic heterocycles. The molecule has 2 aromatic carbocycles. The zero-order chi connectivity index (χ0) is 24.5. The highest BCUT2D eigenvalue weighted by Crippen LogP contribution is 2.29. The van der Waals surface area contributed by atoms with Crippen LogP contribution >= 0.6 is 11.3 Å². The Labute approximate surface area is 201 Å². The zero-order valence-electron chi connectivity index (χ0n) is 18.5. The molecule has 35 heavy (non-hydrogen) atoms. The lowest BCUT2D eigenvalue weighted by molar-refractivity contribution is -0.116. The van der Waals surface area contributed by atoms with E-state index in [1.807, 2.05) is 6.92 Å². The highest BCUT2D eigenvalue weighted by atomic mass is 32.1. The molecule has 0 atom stereocenters. The van der Waals surface area contributed by atoms with Crippen molar-refractivity contribution < 1.29 is 13.9 Å². The highest BCUT2D eigenvalue weighted by Gasteiger charge is 2.21. The number of benzene rings is 2. The molecule has 0 saturated carbocycles. The van der Waals surface area contributed by atoms with Crippen LogP contribution in [0.1, 0.15) is 6.92 Å². The number of aromatic nitrogens is 3. The van der Waals surface area contributed by atoms with Gasteiger partial charge in [-0.2, -0.15) is 0 Å². The van der Waals surface area contributed by atoms with E-state index in [1.54, 1.807) is 42.6 Å². The fourth-order valence-electron chi connectivity index (χ4n) is 3.85. The van der Waals surface area contributed by atoms with E-state index in [2.05, 4.69) is 10.3 Å². The van der Waals surface area contributed by atoms with Gasteiger partial charge in [-0.1, -0.05) is 0 Å². The van der Waals surface area contributed by atoms with Crippen molar-refractivity contribution in [3.8, 4) is 11.4 Å². The molecule has 0 unspecified atom stereocenters.